The van der Waals surface area contributed by atoms with Gasteiger partial charge in [-0.3, -0.25) is 15.6 Å². The molecule has 0 saturated carbocycles. The van der Waals surface area contributed by atoms with E-state index in [4.69, 9.17) is 10.5 Å². The molecule has 0 aliphatic rings. The number of para-hydroxylation sites is 1. The minimum atomic E-state index is -0.544. The molecule has 0 atom stereocenters. The number of nitrogens with two attached hydrogens (primary N) is 1. The van der Waals surface area contributed by atoms with Crippen LogP contribution < -0.4 is 21.5 Å². The number of benzene rings is 3. The number of hydrogen-bond donors (Lipinski definition) is 3. The summed E-state index contributed by atoms with van der Waals surface area (Å²) >= 11 is 0. The number of rotatable bonds is 8. The van der Waals surface area contributed by atoms with Gasteiger partial charge in [0.05, 0.1) is 24.3 Å². The van der Waals surface area contributed by atoms with Crippen molar-refractivity contribution in [1.82, 2.24) is 15.4 Å². The highest BCUT2D eigenvalue weighted by molar-refractivity contribution is 5.97. The molecule has 0 unspecified atom stereocenters. The lowest BCUT2D eigenvalue weighted by Gasteiger charge is -2.23. The van der Waals surface area contributed by atoms with Crippen molar-refractivity contribution < 1.29 is 14.3 Å². The van der Waals surface area contributed by atoms with E-state index in [2.05, 4.69) is 20.8 Å². The molecule has 1 heterocycles. The summed E-state index contributed by atoms with van der Waals surface area (Å²) < 4.78 is 4.89. The molecule has 3 aromatic carbocycles. The number of nitrogens with one attached hydrogen (secondary N) is 2. The van der Waals surface area contributed by atoms with Gasteiger partial charge in [0, 0.05) is 7.05 Å². The zero-order valence-electron chi connectivity index (χ0n) is 19.9. The normalized spacial score (nSPS) is 10.5. The van der Waals surface area contributed by atoms with Crippen LogP contribution in [0.1, 0.15) is 27.4 Å². The maximum absolute atomic E-state index is 13.3. The Balaban J connectivity index is 1.58. The van der Waals surface area contributed by atoms with Crippen LogP contribution in [0.2, 0.25) is 0 Å². The summed E-state index contributed by atoms with van der Waals surface area (Å²) in [7, 11) is 3.05. The molecule has 182 valence electrons. The second-order valence-corrected chi connectivity index (χ2v) is 7.90. The van der Waals surface area contributed by atoms with E-state index in [1.807, 2.05) is 60.7 Å². The van der Waals surface area contributed by atoms with Gasteiger partial charge in [-0.2, -0.15) is 0 Å². The lowest BCUT2D eigenvalue weighted by Crippen LogP contribution is -2.35. The molecule has 4 N–H and O–H groups in total. The van der Waals surface area contributed by atoms with Crippen LogP contribution in [0.3, 0.4) is 0 Å². The Morgan fingerprint density at radius 3 is 2.08 bits per heavy atom. The molecule has 0 radical (unpaired) electrons. The predicted octanol–water partition coefficient (Wildman–Crippen LogP) is 3.89. The number of aromatic nitrogens is 2. The zero-order valence-corrected chi connectivity index (χ0v) is 19.9. The standard InChI is InChI=1S/C27H26N6O3/c1-33(21-16-10-9-15-20(21)27(35)36-2)25-23(28)24(29-17-30-25)31-32-26(34)22(18-11-5-3-6-12-18)19-13-7-4-8-14-19/h3-17,22H,28H2,1-2H3,(H,32,34)(H,29,30,31). The Kier molecular flexibility index (Phi) is 7.40. The van der Waals surface area contributed by atoms with E-state index >= 15 is 0 Å². The number of methoxy groups -OCH3 is 1. The fraction of sp³-hybridized carbons (Fsp3) is 0.111. The Hall–Kier alpha value is -4.92. The lowest BCUT2D eigenvalue weighted by molar-refractivity contribution is -0.121. The van der Waals surface area contributed by atoms with Crippen LogP contribution in [0, 0.1) is 0 Å². The first-order chi connectivity index (χ1) is 17.5. The molecule has 0 aliphatic carbocycles. The van der Waals surface area contributed by atoms with Crippen LogP contribution in [0.5, 0.6) is 0 Å². The lowest BCUT2D eigenvalue weighted by atomic mass is 9.91. The monoisotopic (exact) mass is 482 g/mol. The molecule has 4 rings (SSSR count). The topological polar surface area (TPSA) is 122 Å². The van der Waals surface area contributed by atoms with Crippen LogP contribution in [0.25, 0.3) is 0 Å². The summed E-state index contributed by atoms with van der Waals surface area (Å²) in [5, 5.41) is 0. The second-order valence-electron chi connectivity index (χ2n) is 7.90. The van der Waals surface area contributed by atoms with Gasteiger partial charge in [0.1, 0.15) is 12.0 Å². The van der Waals surface area contributed by atoms with E-state index in [1.54, 1.807) is 36.2 Å². The fourth-order valence-corrected chi connectivity index (χ4v) is 3.90. The van der Waals surface area contributed by atoms with Gasteiger partial charge in [-0.1, -0.05) is 72.8 Å². The smallest absolute Gasteiger partial charge is 0.339 e. The van der Waals surface area contributed by atoms with Crippen LogP contribution in [0.15, 0.2) is 91.3 Å². The van der Waals surface area contributed by atoms with Crippen molar-refractivity contribution in [2.75, 3.05) is 30.2 Å². The molecule has 0 fully saturated rings. The fourth-order valence-electron chi connectivity index (χ4n) is 3.90. The molecule has 1 amide bonds. The highest BCUT2D eigenvalue weighted by Crippen LogP contribution is 2.32. The van der Waals surface area contributed by atoms with Gasteiger partial charge < -0.3 is 15.4 Å². The van der Waals surface area contributed by atoms with Gasteiger partial charge in [-0.25, -0.2) is 14.8 Å². The Labute approximate surface area is 208 Å². The molecule has 36 heavy (non-hydrogen) atoms. The highest BCUT2D eigenvalue weighted by Gasteiger charge is 2.24. The number of carbonyl (C=O) groups is 2. The first-order valence-corrected chi connectivity index (χ1v) is 11.2. The number of hydrazine groups is 1. The first kappa shape index (κ1) is 24.2. The molecule has 0 spiro atoms. The van der Waals surface area contributed by atoms with E-state index in [0.717, 1.165) is 11.1 Å². The van der Waals surface area contributed by atoms with E-state index in [0.29, 0.717) is 17.1 Å². The average Bonchev–Trinajstić information content (AvgIpc) is 2.93. The van der Waals surface area contributed by atoms with Crippen molar-refractivity contribution in [2.45, 2.75) is 5.92 Å². The number of hydrogen-bond acceptors (Lipinski definition) is 8. The number of anilines is 4. The van der Waals surface area contributed by atoms with Crippen molar-refractivity contribution in [3.8, 4) is 0 Å². The third-order valence-corrected chi connectivity index (χ3v) is 5.68. The van der Waals surface area contributed by atoms with E-state index in [-0.39, 0.29) is 17.4 Å². The highest BCUT2D eigenvalue weighted by atomic mass is 16.5. The number of ether oxygens (including phenoxy) is 1. The van der Waals surface area contributed by atoms with Crippen molar-refractivity contribution in [3.05, 3.63) is 108 Å². The number of nitrogen functional groups attached to an aromatic ring is 1. The van der Waals surface area contributed by atoms with Crippen molar-refractivity contribution in [3.63, 3.8) is 0 Å². The minimum Gasteiger partial charge on any atom is -0.465 e. The van der Waals surface area contributed by atoms with Crippen molar-refractivity contribution in [2.24, 2.45) is 0 Å². The SMILES string of the molecule is COC(=O)c1ccccc1N(C)c1ncnc(NNC(=O)C(c2ccccc2)c2ccccc2)c1N. The third-order valence-electron chi connectivity index (χ3n) is 5.68. The van der Waals surface area contributed by atoms with Crippen LogP contribution >= 0.6 is 0 Å². The molecular weight excluding hydrogens is 456 g/mol. The van der Waals surface area contributed by atoms with Crippen molar-refractivity contribution in [1.29, 1.82) is 0 Å². The number of carbonyl (C=O) groups excluding carboxylic acids is 2. The zero-order chi connectivity index (χ0) is 25.5. The molecule has 1 aromatic heterocycles. The Morgan fingerprint density at radius 1 is 0.889 bits per heavy atom. The maximum Gasteiger partial charge on any atom is 0.339 e. The Morgan fingerprint density at radius 2 is 1.47 bits per heavy atom. The summed E-state index contributed by atoms with van der Waals surface area (Å²) in [5.74, 6) is -0.742. The van der Waals surface area contributed by atoms with Gasteiger partial charge in [-0.15, -0.1) is 0 Å². The molecule has 9 heteroatoms. The average molecular weight is 483 g/mol. The largest absolute Gasteiger partial charge is 0.465 e. The van der Waals surface area contributed by atoms with Gasteiger partial charge in [0.2, 0.25) is 5.91 Å². The number of esters is 1. The summed E-state index contributed by atoms with van der Waals surface area (Å²) in [6, 6.07) is 25.9. The molecule has 0 aliphatic heterocycles. The van der Waals surface area contributed by atoms with Crippen molar-refractivity contribution >= 4 is 34.9 Å². The summed E-state index contributed by atoms with van der Waals surface area (Å²) in [5.41, 5.74) is 14.7. The quantitative estimate of drug-likeness (QED) is 0.255. The minimum absolute atomic E-state index is 0.191. The third kappa shape index (κ3) is 5.10. The maximum atomic E-state index is 13.3. The van der Waals surface area contributed by atoms with Crippen LogP contribution in [-0.4, -0.2) is 36.0 Å². The van der Waals surface area contributed by atoms with Gasteiger partial charge in [0.25, 0.3) is 0 Å². The Bertz CT molecular complexity index is 1310. The summed E-state index contributed by atoms with van der Waals surface area (Å²) in [6.07, 6.45) is 1.32. The van der Waals surface area contributed by atoms with Gasteiger partial charge in [0.15, 0.2) is 11.6 Å². The molecular formula is C27H26N6O3. The van der Waals surface area contributed by atoms with E-state index < -0.39 is 11.9 Å². The molecule has 0 bridgehead atoms. The van der Waals surface area contributed by atoms with E-state index in [1.165, 1.54) is 13.4 Å². The van der Waals surface area contributed by atoms with E-state index in [9.17, 15) is 9.59 Å². The van der Waals surface area contributed by atoms with Gasteiger partial charge in [-0.05, 0) is 23.3 Å². The number of amides is 1. The number of nitrogens with zero attached hydrogens (tertiary/aromatic N) is 3. The second kappa shape index (κ2) is 11.0. The van der Waals surface area contributed by atoms with Crippen LogP contribution in [0.4, 0.5) is 23.0 Å². The van der Waals surface area contributed by atoms with Gasteiger partial charge >= 0.3 is 5.97 Å². The predicted molar refractivity (Wildman–Crippen MR) is 139 cm³/mol. The summed E-state index contributed by atoms with van der Waals surface area (Å²) in [6.45, 7) is 0. The van der Waals surface area contributed by atoms with Crippen LogP contribution in [-0.2, 0) is 9.53 Å². The molecule has 0 saturated heterocycles. The first-order valence-electron chi connectivity index (χ1n) is 11.2. The molecule has 9 nitrogen and oxygen atoms in total. The summed E-state index contributed by atoms with van der Waals surface area (Å²) in [4.78, 5) is 35.7. The molecule has 4 aromatic rings.